The molecule has 0 radical (unpaired) electrons. The standard InChI is InChI=1S/C23H26N2O7.ClH/c1-28-19-6-5-13(7-14(19)8-18(27)17(24)12-26)16-11-25-32-22(16)15-9-20(29-2)23(31-4)21(10-15)30-3;/h5-7,9-11,17,26H,8,12,24H2,1-4H3;1H. The highest BCUT2D eigenvalue weighted by molar-refractivity contribution is 5.88. The molecule has 3 aromatic rings. The molecular formula is C23H27ClN2O7. The Morgan fingerprint density at radius 2 is 1.64 bits per heavy atom. The van der Waals surface area contributed by atoms with Gasteiger partial charge in [0.15, 0.2) is 23.0 Å². The van der Waals surface area contributed by atoms with E-state index in [2.05, 4.69) is 5.16 Å². The van der Waals surface area contributed by atoms with Gasteiger partial charge in [-0.3, -0.25) is 4.79 Å². The van der Waals surface area contributed by atoms with Crippen molar-refractivity contribution in [1.82, 2.24) is 5.16 Å². The second kappa shape index (κ2) is 11.6. The number of Topliss-reactive ketones (excluding diaryl/α,β-unsaturated/α-hetero) is 1. The predicted molar refractivity (Wildman–Crippen MR) is 125 cm³/mol. The first kappa shape index (κ1) is 26.0. The Bertz CT molecular complexity index is 1080. The molecule has 0 saturated carbocycles. The van der Waals surface area contributed by atoms with Gasteiger partial charge in [-0.15, -0.1) is 12.4 Å². The molecule has 0 aliphatic heterocycles. The monoisotopic (exact) mass is 478 g/mol. The third-order valence-electron chi connectivity index (χ3n) is 5.06. The summed E-state index contributed by atoms with van der Waals surface area (Å²) in [4.78, 5) is 12.3. The van der Waals surface area contributed by atoms with E-state index in [9.17, 15) is 9.90 Å². The smallest absolute Gasteiger partial charge is 0.203 e. The molecule has 0 bridgehead atoms. The Balaban J connectivity index is 0.00000385. The van der Waals surface area contributed by atoms with Crippen molar-refractivity contribution in [2.24, 2.45) is 5.73 Å². The van der Waals surface area contributed by atoms with Crippen LogP contribution in [0.2, 0.25) is 0 Å². The van der Waals surface area contributed by atoms with Crippen LogP contribution in [0.1, 0.15) is 5.56 Å². The summed E-state index contributed by atoms with van der Waals surface area (Å²) in [5.41, 5.74) is 8.43. The van der Waals surface area contributed by atoms with Crippen LogP contribution in [0.15, 0.2) is 41.1 Å². The molecule has 33 heavy (non-hydrogen) atoms. The Hall–Kier alpha value is -3.27. The highest BCUT2D eigenvalue weighted by atomic mass is 35.5. The van der Waals surface area contributed by atoms with E-state index in [-0.39, 0.29) is 24.6 Å². The summed E-state index contributed by atoms with van der Waals surface area (Å²) in [6, 6.07) is 7.99. The molecule has 0 fully saturated rings. The number of hydrogen-bond donors (Lipinski definition) is 2. The van der Waals surface area contributed by atoms with E-state index in [1.54, 1.807) is 24.4 Å². The van der Waals surface area contributed by atoms with Gasteiger partial charge in [-0.25, -0.2) is 0 Å². The number of aliphatic hydroxyl groups excluding tert-OH is 1. The molecule has 1 atom stereocenters. The van der Waals surface area contributed by atoms with Crippen LogP contribution in [0.25, 0.3) is 22.5 Å². The first-order valence-corrected chi connectivity index (χ1v) is 9.78. The number of methoxy groups -OCH3 is 4. The molecule has 2 aromatic carbocycles. The SMILES string of the molecule is COc1ccc(-c2cnoc2-c2cc(OC)c(OC)c(OC)c2)cc1CC(=O)C(N)CO.Cl. The number of carbonyl (C=O) groups excluding carboxylic acids is 1. The minimum atomic E-state index is -0.950. The van der Waals surface area contributed by atoms with Gasteiger partial charge in [-0.05, 0) is 29.8 Å². The highest BCUT2D eigenvalue weighted by Gasteiger charge is 2.21. The summed E-state index contributed by atoms with van der Waals surface area (Å²) in [6.07, 6.45) is 1.61. The molecule has 9 nitrogen and oxygen atoms in total. The summed E-state index contributed by atoms with van der Waals surface area (Å²) in [6.45, 7) is -0.419. The van der Waals surface area contributed by atoms with Crippen molar-refractivity contribution < 1.29 is 33.4 Å². The van der Waals surface area contributed by atoms with Crippen LogP contribution >= 0.6 is 12.4 Å². The number of aliphatic hydroxyl groups is 1. The maximum atomic E-state index is 12.3. The molecule has 10 heteroatoms. The Kier molecular flexibility index (Phi) is 9.10. The van der Waals surface area contributed by atoms with E-state index in [0.717, 1.165) is 5.56 Å². The number of rotatable bonds is 10. The topological polar surface area (TPSA) is 126 Å². The summed E-state index contributed by atoms with van der Waals surface area (Å²) in [7, 11) is 6.12. The normalized spacial score (nSPS) is 11.3. The van der Waals surface area contributed by atoms with Crippen LogP contribution in [-0.2, 0) is 11.2 Å². The van der Waals surface area contributed by atoms with Crippen molar-refractivity contribution in [2.75, 3.05) is 35.0 Å². The molecule has 1 heterocycles. The van der Waals surface area contributed by atoms with E-state index >= 15 is 0 Å². The number of hydrogen-bond acceptors (Lipinski definition) is 9. The number of aromatic nitrogens is 1. The van der Waals surface area contributed by atoms with Crippen LogP contribution in [-0.4, -0.2) is 57.1 Å². The lowest BCUT2D eigenvalue weighted by Crippen LogP contribution is -2.35. The zero-order valence-corrected chi connectivity index (χ0v) is 19.6. The van der Waals surface area contributed by atoms with Crippen LogP contribution in [0.4, 0.5) is 0 Å². The zero-order valence-electron chi connectivity index (χ0n) is 18.8. The van der Waals surface area contributed by atoms with Gasteiger partial charge < -0.3 is 34.3 Å². The van der Waals surface area contributed by atoms with E-state index in [1.807, 2.05) is 12.1 Å². The molecule has 3 N–H and O–H groups in total. The lowest BCUT2D eigenvalue weighted by atomic mass is 9.97. The third kappa shape index (κ3) is 5.39. The summed E-state index contributed by atoms with van der Waals surface area (Å²) in [5, 5.41) is 13.1. The van der Waals surface area contributed by atoms with Crippen molar-refractivity contribution in [2.45, 2.75) is 12.5 Å². The molecule has 0 saturated heterocycles. The van der Waals surface area contributed by atoms with Crippen molar-refractivity contribution in [3.8, 4) is 45.4 Å². The fourth-order valence-corrected chi connectivity index (χ4v) is 3.37. The van der Waals surface area contributed by atoms with E-state index in [4.69, 9.17) is 29.2 Å². The average molecular weight is 479 g/mol. The molecule has 3 rings (SSSR count). The Morgan fingerprint density at radius 1 is 1.00 bits per heavy atom. The maximum Gasteiger partial charge on any atom is 0.203 e. The number of ether oxygens (including phenoxy) is 4. The quantitative estimate of drug-likeness (QED) is 0.452. The maximum absolute atomic E-state index is 12.3. The minimum absolute atomic E-state index is 0. The van der Waals surface area contributed by atoms with Gasteiger partial charge in [-0.1, -0.05) is 11.2 Å². The molecule has 1 aromatic heterocycles. The molecule has 0 aliphatic carbocycles. The minimum Gasteiger partial charge on any atom is -0.496 e. The first-order valence-electron chi connectivity index (χ1n) is 9.78. The largest absolute Gasteiger partial charge is 0.496 e. The van der Waals surface area contributed by atoms with Gasteiger partial charge in [0.25, 0.3) is 0 Å². The molecule has 0 aliphatic rings. The van der Waals surface area contributed by atoms with E-state index in [0.29, 0.717) is 45.4 Å². The summed E-state index contributed by atoms with van der Waals surface area (Å²) < 4.78 is 27.2. The Morgan fingerprint density at radius 3 is 2.18 bits per heavy atom. The van der Waals surface area contributed by atoms with Gasteiger partial charge in [-0.2, -0.15) is 0 Å². The summed E-state index contributed by atoms with van der Waals surface area (Å²) in [5.74, 6) is 2.15. The highest BCUT2D eigenvalue weighted by Crippen LogP contribution is 2.43. The van der Waals surface area contributed by atoms with E-state index < -0.39 is 12.6 Å². The molecule has 0 amide bonds. The number of nitrogens with zero attached hydrogens (tertiary/aromatic N) is 1. The number of ketones is 1. The lowest BCUT2D eigenvalue weighted by molar-refractivity contribution is -0.120. The molecular weight excluding hydrogens is 452 g/mol. The fraction of sp³-hybridized carbons (Fsp3) is 0.304. The number of nitrogens with two attached hydrogens (primary N) is 1. The number of carbonyl (C=O) groups is 1. The van der Waals surface area contributed by atoms with Crippen LogP contribution in [0.3, 0.4) is 0 Å². The fourth-order valence-electron chi connectivity index (χ4n) is 3.37. The van der Waals surface area contributed by atoms with Gasteiger partial charge in [0, 0.05) is 23.1 Å². The van der Waals surface area contributed by atoms with Crippen molar-refractivity contribution in [3.05, 3.63) is 42.1 Å². The van der Waals surface area contributed by atoms with Gasteiger partial charge >= 0.3 is 0 Å². The summed E-state index contributed by atoms with van der Waals surface area (Å²) >= 11 is 0. The molecule has 1 unspecified atom stereocenters. The van der Waals surface area contributed by atoms with Gasteiger partial charge in [0.1, 0.15) is 5.75 Å². The van der Waals surface area contributed by atoms with Gasteiger partial charge in [0.05, 0.1) is 47.3 Å². The molecule has 0 spiro atoms. The first-order chi connectivity index (χ1) is 15.5. The zero-order chi connectivity index (χ0) is 23.3. The Labute approximate surface area is 197 Å². The van der Waals surface area contributed by atoms with Gasteiger partial charge in [0.2, 0.25) is 5.75 Å². The van der Waals surface area contributed by atoms with E-state index in [1.165, 1.54) is 28.4 Å². The van der Waals surface area contributed by atoms with Crippen LogP contribution in [0, 0.1) is 0 Å². The average Bonchev–Trinajstić information content (AvgIpc) is 3.32. The predicted octanol–water partition coefficient (Wildman–Crippen LogP) is 2.90. The number of halogens is 1. The van der Waals surface area contributed by atoms with Crippen molar-refractivity contribution in [3.63, 3.8) is 0 Å². The van der Waals surface area contributed by atoms with Crippen LogP contribution < -0.4 is 24.7 Å². The molecule has 178 valence electrons. The van der Waals surface area contributed by atoms with Crippen LogP contribution in [0.5, 0.6) is 23.0 Å². The second-order valence-corrected chi connectivity index (χ2v) is 6.94. The van der Waals surface area contributed by atoms with Crippen molar-refractivity contribution in [1.29, 1.82) is 0 Å². The third-order valence-corrected chi connectivity index (χ3v) is 5.06. The van der Waals surface area contributed by atoms with Crippen molar-refractivity contribution >= 4 is 18.2 Å². The lowest BCUT2D eigenvalue weighted by Gasteiger charge is -2.14. The number of benzene rings is 2. The second-order valence-electron chi connectivity index (χ2n) is 6.94.